The van der Waals surface area contributed by atoms with E-state index in [2.05, 4.69) is 10.3 Å². The first-order valence-electron chi connectivity index (χ1n) is 5.24. The van der Waals surface area contributed by atoms with E-state index in [4.69, 9.17) is 5.11 Å². The lowest BCUT2D eigenvalue weighted by Gasteiger charge is -2.04. The average Bonchev–Trinajstić information content (AvgIpc) is 2.86. The maximum Gasteiger partial charge on any atom is 0.365 e. The zero-order valence-electron chi connectivity index (χ0n) is 9.71. The van der Waals surface area contributed by atoms with Gasteiger partial charge in [0.05, 0.1) is 12.2 Å². The first-order chi connectivity index (χ1) is 8.69. The van der Waals surface area contributed by atoms with E-state index in [0.29, 0.717) is 6.54 Å². The first-order valence-corrected chi connectivity index (χ1v) is 7.35. The highest BCUT2D eigenvalue weighted by Gasteiger charge is 2.08. The van der Waals surface area contributed by atoms with Crippen LogP contribution < -0.4 is 5.32 Å². The Morgan fingerprint density at radius 2 is 2.17 bits per heavy atom. The maximum absolute atomic E-state index is 10.7. The zero-order chi connectivity index (χ0) is 13.0. The van der Waals surface area contributed by atoms with E-state index in [1.807, 2.05) is 30.5 Å². The minimum absolute atomic E-state index is 0.129. The molecule has 2 rings (SSSR count). The number of carbonyl (C=O) groups is 1. The third-order valence-electron chi connectivity index (χ3n) is 2.30. The van der Waals surface area contributed by atoms with Crippen molar-refractivity contribution in [2.75, 3.05) is 11.6 Å². The summed E-state index contributed by atoms with van der Waals surface area (Å²) in [4.78, 5) is 15.9. The van der Waals surface area contributed by atoms with E-state index in [9.17, 15) is 4.79 Å². The van der Waals surface area contributed by atoms with Gasteiger partial charge in [-0.1, -0.05) is 0 Å². The van der Waals surface area contributed by atoms with Gasteiger partial charge >= 0.3 is 5.97 Å². The zero-order valence-corrected chi connectivity index (χ0v) is 11.3. The van der Waals surface area contributed by atoms with E-state index >= 15 is 0 Å². The Morgan fingerprint density at radius 1 is 1.44 bits per heavy atom. The molecule has 0 saturated carbocycles. The molecule has 6 heteroatoms. The molecule has 0 spiro atoms. The second kappa shape index (κ2) is 5.88. The maximum atomic E-state index is 10.7. The Hall–Kier alpha value is -1.53. The lowest BCUT2D eigenvalue weighted by Crippen LogP contribution is -2.01. The molecule has 1 aromatic heterocycles. The summed E-state index contributed by atoms with van der Waals surface area (Å²) in [6.45, 7) is 0.530. The molecule has 1 aromatic carbocycles. The fraction of sp³-hybridized carbons (Fsp3) is 0.167. The van der Waals surface area contributed by atoms with Crippen LogP contribution in [0.2, 0.25) is 0 Å². The number of aromatic nitrogens is 1. The number of anilines is 1. The van der Waals surface area contributed by atoms with Gasteiger partial charge in [0, 0.05) is 16.0 Å². The van der Waals surface area contributed by atoms with Crippen molar-refractivity contribution in [1.82, 2.24) is 4.98 Å². The number of aromatic carboxylic acids is 1. The standard InChI is InChI=1S/C12H12N2O2S2/c1-17-10-4-2-8(3-5-10)13-6-9-7-18-11(14-9)12(15)16/h2-5,7,13H,6H2,1H3,(H,15,16). The van der Waals surface area contributed by atoms with Crippen LogP contribution in [0.4, 0.5) is 5.69 Å². The second-order valence-electron chi connectivity index (χ2n) is 3.53. The molecule has 0 aliphatic rings. The molecule has 0 amide bonds. The summed E-state index contributed by atoms with van der Waals surface area (Å²) in [6.07, 6.45) is 2.03. The molecule has 1 heterocycles. The highest BCUT2D eigenvalue weighted by atomic mass is 32.2. The molecule has 0 radical (unpaired) electrons. The Bertz CT molecular complexity index is 537. The normalized spacial score (nSPS) is 10.3. The molecule has 0 atom stereocenters. The quantitative estimate of drug-likeness (QED) is 0.824. The molecule has 94 valence electrons. The van der Waals surface area contributed by atoms with Crippen molar-refractivity contribution < 1.29 is 9.90 Å². The Kier molecular flexibility index (Phi) is 4.22. The topological polar surface area (TPSA) is 62.2 Å². The van der Waals surface area contributed by atoms with Gasteiger partial charge < -0.3 is 10.4 Å². The summed E-state index contributed by atoms with van der Waals surface area (Å²) >= 11 is 2.84. The molecule has 0 bridgehead atoms. The van der Waals surface area contributed by atoms with Crippen LogP contribution in [0.25, 0.3) is 0 Å². The number of hydrogen-bond donors (Lipinski definition) is 2. The SMILES string of the molecule is CSc1ccc(NCc2csc(C(=O)O)n2)cc1. The van der Waals surface area contributed by atoms with Crippen LogP contribution in [0.3, 0.4) is 0 Å². The number of benzene rings is 1. The first kappa shape index (κ1) is 12.9. The van der Waals surface area contributed by atoms with Gasteiger partial charge in [-0.25, -0.2) is 9.78 Å². The molecular formula is C12H12N2O2S2. The van der Waals surface area contributed by atoms with Gasteiger partial charge in [0.1, 0.15) is 0 Å². The fourth-order valence-corrected chi connectivity index (χ4v) is 2.45. The van der Waals surface area contributed by atoms with E-state index in [-0.39, 0.29) is 5.01 Å². The number of thioether (sulfide) groups is 1. The van der Waals surface area contributed by atoms with E-state index in [1.165, 1.54) is 4.90 Å². The molecule has 2 N–H and O–H groups in total. The van der Waals surface area contributed by atoms with Gasteiger partial charge in [0.15, 0.2) is 0 Å². The minimum atomic E-state index is -0.976. The van der Waals surface area contributed by atoms with Gasteiger partial charge in [0.25, 0.3) is 0 Å². The van der Waals surface area contributed by atoms with Crippen molar-refractivity contribution in [1.29, 1.82) is 0 Å². The summed E-state index contributed by atoms with van der Waals surface area (Å²) in [6, 6.07) is 8.07. The Balaban J connectivity index is 1.95. The van der Waals surface area contributed by atoms with Crippen LogP contribution in [0.15, 0.2) is 34.5 Å². The minimum Gasteiger partial charge on any atom is -0.476 e. The molecule has 0 saturated heterocycles. The van der Waals surface area contributed by atoms with Crippen LogP contribution in [-0.4, -0.2) is 22.3 Å². The number of nitrogens with one attached hydrogen (secondary N) is 1. The highest BCUT2D eigenvalue weighted by Crippen LogP contribution is 2.18. The summed E-state index contributed by atoms with van der Waals surface area (Å²) < 4.78 is 0. The molecule has 0 aliphatic heterocycles. The smallest absolute Gasteiger partial charge is 0.365 e. The highest BCUT2D eigenvalue weighted by molar-refractivity contribution is 7.98. The lowest BCUT2D eigenvalue weighted by molar-refractivity contribution is 0.0696. The van der Waals surface area contributed by atoms with Gasteiger partial charge in [-0.2, -0.15) is 0 Å². The Morgan fingerprint density at radius 3 is 2.72 bits per heavy atom. The number of hydrogen-bond acceptors (Lipinski definition) is 5. The third kappa shape index (κ3) is 3.24. The van der Waals surface area contributed by atoms with Crippen molar-refractivity contribution in [2.45, 2.75) is 11.4 Å². The molecular weight excluding hydrogens is 268 g/mol. The van der Waals surface area contributed by atoms with Crippen LogP contribution in [0, 0.1) is 0 Å². The molecule has 18 heavy (non-hydrogen) atoms. The number of rotatable bonds is 5. The predicted molar refractivity (Wildman–Crippen MR) is 74.6 cm³/mol. The van der Waals surface area contributed by atoms with Gasteiger partial charge in [0.2, 0.25) is 5.01 Å². The second-order valence-corrected chi connectivity index (χ2v) is 5.27. The van der Waals surface area contributed by atoms with Crippen LogP contribution in [-0.2, 0) is 6.54 Å². The number of nitrogens with zero attached hydrogens (tertiary/aromatic N) is 1. The van der Waals surface area contributed by atoms with Gasteiger partial charge in [-0.05, 0) is 30.5 Å². The predicted octanol–water partition coefficient (Wildman–Crippen LogP) is 3.18. The summed E-state index contributed by atoms with van der Waals surface area (Å²) in [5.41, 5.74) is 1.74. The molecule has 2 aromatic rings. The lowest BCUT2D eigenvalue weighted by atomic mass is 10.3. The molecule has 0 fully saturated rings. The summed E-state index contributed by atoms with van der Waals surface area (Å²) in [5, 5.41) is 13.9. The van der Waals surface area contributed by atoms with Crippen LogP contribution in [0.1, 0.15) is 15.5 Å². The Labute approximate surface area is 113 Å². The largest absolute Gasteiger partial charge is 0.476 e. The molecule has 0 unspecified atom stereocenters. The monoisotopic (exact) mass is 280 g/mol. The van der Waals surface area contributed by atoms with E-state index in [0.717, 1.165) is 22.7 Å². The number of carboxylic acid groups (broad SMARTS) is 1. The van der Waals surface area contributed by atoms with Gasteiger partial charge in [-0.3, -0.25) is 0 Å². The van der Waals surface area contributed by atoms with Crippen LogP contribution >= 0.6 is 23.1 Å². The van der Waals surface area contributed by atoms with Crippen molar-refractivity contribution >= 4 is 34.8 Å². The average molecular weight is 280 g/mol. The van der Waals surface area contributed by atoms with Crippen molar-refractivity contribution in [3.05, 3.63) is 40.3 Å². The summed E-state index contributed by atoms with van der Waals surface area (Å²) in [7, 11) is 0. The molecule has 0 aliphatic carbocycles. The molecule has 4 nitrogen and oxygen atoms in total. The number of carboxylic acids is 1. The van der Waals surface area contributed by atoms with Crippen molar-refractivity contribution in [2.24, 2.45) is 0 Å². The van der Waals surface area contributed by atoms with Crippen molar-refractivity contribution in [3.63, 3.8) is 0 Å². The van der Waals surface area contributed by atoms with Gasteiger partial charge in [-0.15, -0.1) is 23.1 Å². The van der Waals surface area contributed by atoms with E-state index in [1.54, 1.807) is 17.1 Å². The van der Waals surface area contributed by atoms with Crippen molar-refractivity contribution in [3.8, 4) is 0 Å². The van der Waals surface area contributed by atoms with E-state index < -0.39 is 5.97 Å². The third-order valence-corrected chi connectivity index (χ3v) is 3.92. The fourth-order valence-electron chi connectivity index (χ4n) is 1.39. The summed E-state index contributed by atoms with van der Waals surface area (Å²) in [5.74, 6) is -0.976. The van der Waals surface area contributed by atoms with Crippen LogP contribution in [0.5, 0.6) is 0 Å². The number of thiazole rings is 1.